The third kappa shape index (κ3) is 3.29. The van der Waals surface area contributed by atoms with Crippen molar-refractivity contribution < 1.29 is 22.0 Å². The molecule has 0 aromatic rings. The molecule has 2 aliphatic rings. The molecule has 1 saturated heterocycles. The van der Waals surface area contributed by atoms with Gasteiger partial charge in [-0.1, -0.05) is 6.08 Å². The molecule has 1 atom stereocenters. The van der Waals surface area contributed by atoms with Crippen molar-refractivity contribution in [2.45, 2.75) is 19.0 Å². The molecule has 0 radical (unpaired) electrons. The van der Waals surface area contributed by atoms with E-state index in [4.69, 9.17) is 0 Å². The molecule has 0 saturated carbocycles. The maximum atomic E-state index is 13.7. The number of halogens is 5. The van der Waals surface area contributed by atoms with E-state index in [9.17, 15) is 22.0 Å². The first-order chi connectivity index (χ1) is 9.29. The predicted molar refractivity (Wildman–Crippen MR) is 66.2 cm³/mol. The third-order valence-corrected chi connectivity index (χ3v) is 3.89. The highest BCUT2D eigenvalue weighted by molar-refractivity contribution is 5.36. The third-order valence-electron chi connectivity index (χ3n) is 3.89. The minimum absolute atomic E-state index is 0.314. The lowest BCUT2D eigenvalue weighted by molar-refractivity contribution is -0.102. The van der Waals surface area contributed by atoms with Gasteiger partial charge >= 0.3 is 6.18 Å². The van der Waals surface area contributed by atoms with E-state index >= 15 is 0 Å². The molecule has 2 rings (SSSR count). The van der Waals surface area contributed by atoms with Crippen LogP contribution in [0.15, 0.2) is 35.5 Å². The molecule has 0 N–H and O–H groups in total. The van der Waals surface area contributed by atoms with Gasteiger partial charge in [-0.2, -0.15) is 13.2 Å². The average Bonchev–Trinajstić information content (AvgIpc) is 2.48. The summed E-state index contributed by atoms with van der Waals surface area (Å²) in [5.41, 5.74) is -1.25. The van der Waals surface area contributed by atoms with Crippen LogP contribution >= 0.6 is 0 Å². The number of nitrogens with zero attached hydrogens (tertiary/aromatic N) is 1. The van der Waals surface area contributed by atoms with Gasteiger partial charge in [-0.3, -0.25) is 0 Å². The molecule has 0 bridgehead atoms. The van der Waals surface area contributed by atoms with Crippen LogP contribution in [0, 0.1) is 11.8 Å². The molecule has 1 unspecified atom stereocenters. The van der Waals surface area contributed by atoms with Gasteiger partial charge in [0.2, 0.25) is 0 Å². The second-order valence-electron chi connectivity index (χ2n) is 5.31. The summed E-state index contributed by atoms with van der Waals surface area (Å²) in [4.78, 5) is 2.02. The SMILES string of the molecule is CN1CCC(C2C=CC(F)=CC(F)=C2C(F)(F)F)CC1. The fraction of sp³-hybridized carbons (Fsp3) is 0.571. The van der Waals surface area contributed by atoms with E-state index in [-0.39, 0.29) is 5.92 Å². The number of piperidine rings is 1. The van der Waals surface area contributed by atoms with Crippen LogP contribution in [0.3, 0.4) is 0 Å². The zero-order valence-electron chi connectivity index (χ0n) is 11.1. The molecule has 0 amide bonds. The van der Waals surface area contributed by atoms with Gasteiger partial charge in [0.15, 0.2) is 0 Å². The van der Waals surface area contributed by atoms with Gasteiger partial charge in [-0.25, -0.2) is 8.78 Å². The topological polar surface area (TPSA) is 3.24 Å². The van der Waals surface area contributed by atoms with Crippen molar-refractivity contribution in [3.8, 4) is 0 Å². The molecule has 0 aromatic carbocycles. The van der Waals surface area contributed by atoms with Crippen LogP contribution in [-0.2, 0) is 0 Å². The van der Waals surface area contributed by atoms with Crippen molar-refractivity contribution in [2.24, 2.45) is 11.8 Å². The Morgan fingerprint density at radius 1 is 1.15 bits per heavy atom. The Labute approximate surface area is 114 Å². The van der Waals surface area contributed by atoms with Crippen molar-refractivity contribution in [3.05, 3.63) is 35.5 Å². The molecule has 0 aromatic heterocycles. The summed E-state index contributed by atoms with van der Waals surface area (Å²) >= 11 is 0. The van der Waals surface area contributed by atoms with E-state index in [0.29, 0.717) is 32.0 Å². The maximum absolute atomic E-state index is 13.7. The Morgan fingerprint density at radius 3 is 2.30 bits per heavy atom. The Bertz CT molecular complexity index is 453. The van der Waals surface area contributed by atoms with Crippen molar-refractivity contribution in [2.75, 3.05) is 20.1 Å². The van der Waals surface area contributed by atoms with E-state index in [1.54, 1.807) is 0 Å². The van der Waals surface area contributed by atoms with Crippen molar-refractivity contribution in [3.63, 3.8) is 0 Å². The number of alkyl halides is 3. The van der Waals surface area contributed by atoms with Crippen LogP contribution in [0.2, 0.25) is 0 Å². The molecule has 1 aliphatic heterocycles. The molecule has 1 nitrogen and oxygen atoms in total. The summed E-state index contributed by atoms with van der Waals surface area (Å²) in [6, 6.07) is 0. The number of hydrogen-bond acceptors (Lipinski definition) is 1. The normalized spacial score (nSPS) is 26.7. The minimum Gasteiger partial charge on any atom is -0.306 e. The summed E-state index contributed by atoms with van der Waals surface area (Å²) in [6.07, 6.45) is -1.31. The lowest BCUT2D eigenvalue weighted by Gasteiger charge is -2.34. The molecule has 1 fully saturated rings. The van der Waals surface area contributed by atoms with Crippen LogP contribution in [0.5, 0.6) is 0 Å². The van der Waals surface area contributed by atoms with Crippen LogP contribution < -0.4 is 0 Å². The van der Waals surface area contributed by atoms with E-state index in [0.717, 1.165) is 12.2 Å². The summed E-state index contributed by atoms with van der Waals surface area (Å²) in [7, 11) is 1.89. The lowest BCUT2D eigenvalue weighted by atomic mass is 9.79. The fourth-order valence-electron chi connectivity index (χ4n) is 2.80. The summed E-state index contributed by atoms with van der Waals surface area (Å²) in [6.45, 7) is 1.33. The number of likely N-dealkylation sites (tertiary alicyclic amines) is 1. The second-order valence-corrected chi connectivity index (χ2v) is 5.31. The van der Waals surface area contributed by atoms with E-state index < -0.39 is 29.3 Å². The van der Waals surface area contributed by atoms with Gasteiger partial charge in [0.1, 0.15) is 11.7 Å². The molecule has 1 heterocycles. The molecular weight excluding hydrogens is 277 g/mol. The molecule has 20 heavy (non-hydrogen) atoms. The van der Waals surface area contributed by atoms with Gasteiger partial charge < -0.3 is 4.90 Å². The number of rotatable bonds is 1. The minimum atomic E-state index is -4.79. The van der Waals surface area contributed by atoms with Gasteiger partial charge in [0.05, 0.1) is 5.57 Å². The largest absolute Gasteiger partial charge is 0.416 e. The number of allylic oxidation sites excluding steroid dienone is 6. The first-order valence-electron chi connectivity index (χ1n) is 6.50. The zero-order valence-corrected chi connectivity index (χ0v) is 11.1. The highest BCUT2D eigenvalue weighted by atomic mass is 19.4. The van der Waals surface area contributed by atoms with Crippen molar-refractivity contribution in [1.29, 1.82) is 0 Å². The Morgan fingerprint density at radius 2 is 1.75 bits per heavy atom. The zero-order chi connectivity index (χ0) is 14.9. The smallest absolute Gasteiger partial charge is 0.306 e. The van der Waals surface area contributed by atoms with E-state index in [1.807, 2.05) is 11.9 Å². The van der Waals surface area contributed by atoms with Gasteiger partial charge in [0.25, 0.3) is 0 Å². The van der Waals surface area contributed by atoms with Crippen LogP contribution in [0.25, 0.3) is 0 Å². The van der Waals surface area contributed by atoms with Crippen molar-refractivity contribution >= 4 is 0 Å². The highest BCUT2D eigenvalue weighted by Gasteiger charge is 2.44. The van der Waals surface area contributed by atoms with Crippen LogP contribution in [0.4, 0.5) is 22.0 Å². The Balaban J connectivity index is 2.34. The quantitative estimate of drug-likeness (QED) is 0.656. The first-order valence-corrected chi connectivity index (χ1v) is 6.50. The fourth-order valence-corrected chi connectivity index (χ4v) is 2.80. The Hall–Kier alpha value is -1.17. The van der Waals surface area contributed by atoms with Gasteiger partial charge in [-0.05, 0) is 45.0 Å². The van der Waals surface area contributed by atoms with Crippen LogP contribution in [-0.4, -0.2) is 31.2 Å². The lowest BCUT2D eigenvalue weighted by Crippen LogP contribution is -2.35. The van der Waals surface area contributed by atoms with Crippen LogP contribution in [0.1, 0.15) is 12.8 Å². The molecular formula is C14H16F5N. The summed E-state index contributed by atoms with van der Waals surface area (Å²) < 4.78 is 66.2. The standard InChI is InChI=1S/C14H16F5N/c1-20-6-4-9(5-7-20)11-3-2-10(15)8-12(16)13(11)14(17,18)19/h2-3,8-9,11H,4-7H2,1H3. The maximum Gasteiger partial charge on any atom is 0.416 e. The Kier molecular flexibility index (Phi) is 4.32. The summed E-state index contributed by atoms with van der Waals surface area (Å²) in [5, 5.41) is 0. The van der Waals surface area contributed by atoms with Gasteiger partial charge in [0, 0.05) is 12.0 Å². The summed E-state index contributed by atoms with van der Waals surface area (Å²) in [5.74, 6) is -3.93. The van der Waals surface area contributed by atoms with E-state index in [2.05, 4.69) is 0 Å². The molecule has 6 heteroatoms. The van der Waals surface area contributed by atoms with Crippen molar-refractivity contribution in [1.82, 2.24) is 4.90 Å². The monoisotopic (exact) mass is 293 g/mol. The average molecular weight is 293 g/mol. The second kappa shape index (κ2) is 5.68. The molecule has 1 aliphatic carbocycles. The molecule has 0 spiro atoms. The highest BCUT2D eigenvalue weighted by Crippen LogP contribution is 2.43. The van der Waals surface area contributed by atoms with E-state index in [1.165, 1.54) is 0 Å². The molecule has 112 valence electrons. The first kappa shape index (κ1) is 15.2. The predicted octanol–water partition coefficient (Wildman–Crippen LogP) is 4.15. The van der Waals surface area contributed by atoms with Gasteiger partial charge in [-0.15, -0.1) is 0 Å². The number of hydrogen-bond donors (Lipinski definition) is 0.